The second-order valence-corrected chi connectivity index (χ2v) is 5.11. The summed E-state index contributed by atoms with van der Waals surface area (Å²) in [5, 5.41) is 0. The molecular weight excluding hydrogens is 146 g/mol. The van der Waals surface area contributed by atoms with Gasteiger partial charge in [-0.2, -0.15) is 0 Å². The smallest absolute Gasteiger partial charge is 0.00154 e. The van der Waals surface area contributed by atoms with Crippen molar-refractivity contribution in [1.29, 1.82) is 0 Å². The van der Waals surface area contributed by atoms with Gasteiger partial charge in [-0.3, -0.25) is 0 Å². The molecule has 68 valence electrons. The van der Waals surface area contributed by atoms with Crippen LogP contribution in [0.15, 0.2) is 0 Å². The fraction of sp³-hybridized carbons (Fsp3) is 1.00. The number of likely N-dealkylation sites (tertiary alicyclic amines) is 1. The number of hydrogen-bond acceptors (Lipinski definition) is 1. The quantitative estimate of drug-likeness (QED) is 0.574. The number of hydrogen-bond donors (Lipinski definition) is 0. The molecule has 1 nitrogen and oxygen atoms in total. The summed E-state index contributed by atoms with van der Waals surface area (Å²) in [6.45, 7) is 6.44. The molecule has 2 unspecified atom stereocenters. The predicted molar refractivity (Wildman–Crippen MR) is 49.9 cm³/mol. The lowest BCUT2D eigenvalue weighted by atomic mass is 9.57. The summed E-state index contributed by atoms with van der Waals surface area (Å²) < 4.78 is 0. The highest BCUT2D eigenvalue weighted by Gasteiger charge is 2.48. The molecule has 0 radical (unpaired) electrons. The van der Waals surface area contributed by atoms with Crippen LogP contribution in [0, 0.1) is 23.7 Å². The minimum atomic E-state index is 1.10. The van der Waals surface area contributed by atoms with Crippen molar-refractivity contribution in [3.05, 3.63) is 0 Å². The molecule has 2 atom stereocenters. The van der Waals surface area contributed by atoms with E-state index < -0.39 is 0 Å². The van der Waals surface area contributed by atoms with Crippen LogP contribution in [0.5, 0.6) is 0 Å². The molecule has 3 saturated carbocycles. The minimum Gasteiger partial charge on any atom is -0.303 e. The van der Waals surface area contributed by atoms with Crippen LogP contribution in [0.3, 0.4) is 0 Å². The van der Waals surface area contributed by atoms with Gasteiger partial charge in [0, 0.05) is 13.1 Å². The molecule has 0 aromatic carbocycles. The Morgan fingerprint density at radius 1 is 1.08 bits per heavy atom. The topological polar surface area (TPSA) is 3.24 Å². The first-order chi connectivity index (χ1) is 5.86. The molecule has 1 aliphatic heterocycles. The zero-order valence-corrected chi connectivity index (χ0v) is 8.00. The third-order valence-electron chi connectivity index (χ3n) is 4.53. The fourth-order valence-electron chi connectivity index (χ4n) is 3.79. The normalized spacial score (nSPS) is 51.8. The van der Waals surface area contributed by atoms with Gasteiger partial charge in [-0.1, -0.05) is 6.92 Å². The van der Waals surface area contributed by atoms with Crippen LogP contribution in [-0.2, 0) is 0 Å². The van der Waals surface area contributed by atoms with Crippen molar-refractivity contribution < 1.29 is 0 Å². The minimum absolute atomic E-state index is 1.10. The summed E-state index contributed by atoms with van der Waals surface area (Å²) in [4.78, 5) is 2.66. The lowest BCUT2D eigenvalue weighted by Crippen LogP contribution is -2.41. The fourth-order valence-corrected chi connectivity index (χ4v) is 3.79. The van der Waals surface area contributed by atoms with Gasteiger partial charge in [0.2, 0.25) is 0 Å². The number of nitrogens with zero attached hydrogens (tertiary/aromatic N) is 1. The summed E-state index contributed by atoms with van der Waals surface area (Å²) in [6.07, 6.45) is 4.73. The maximum atomic E-state index is 2.66. The molecule has 4 aliphatic rings. The van der Waals surface area contributed by atoms with Crippen LogP contribution >= 0.6 is 0 Å². The summed E-state index contributed by atoms with van der Waals surface area (Å²) in [6, 6.07) is 0. The maximum absolute atomic E-state index is 2.66. The van der Waals surface area contributed by atoms with E-state index in [2.05, 4.69) is 11.8 Å². The molecule has 1 heteroatoms. The molecule has 3 aliphatic carbocycles. The molecule has 4 rings (SSSR count). The first kappa shape index (κ1) is 7.37. The molecule has 0 N–H and O–H groups in total. The summed E-state index contributed by atoms with van der Waals surface area (Å²) in [5.74, 6) is 4.50. The van der Waals surface area contributed by atoms with Crippen LogP contribution in [0.2, 0.25) is 0 Å². The Morgan fingerprint density at radius 2 is 1.83 bits per heavy atom. The van der Waals surface area contributed by atoms with Crippen LogP contribution in [-0.4, -0.2) is 24.5 Å². The van der Waals surface area contributed by atoms with Crippen molar-refractivity contribution in [2.24, 2.45) is 23.7 Å². The third-order valence-corrected chi connectivity index (χ3v) is 4.53. The average molecular weight is 165 g/mol. The third kappa shape index (κ3) is 0.891. The summed E-state index contributed by atoms with van der Waals surface area (Å²) in [7, 11) is 0. The van der Waals surface area contributed by atoms with Gasteiger partial charge in [-0.05, 0) is 49.5 Å². The summed E-state index contributed by atoms with van der Waals surface area (Å²) >= 11 is 0. The van der Waals surface area contributed by atoms with E-state index in [1.165, 1.54) is 19.6 Å². The zero-order valence-electron chi connectivity index (χ0n) is 8.00. The van der Waals surface area contributed by atoms with E-state index in [4.69, 9.17) is 0 Å². The van der Waals surface area contributed by atoms with Crippen LogP contribution in [0.25, 0.3) is 0 Å². The summed E-state index contributed by atoms with van der Waals surface area (Å²) in [5.41, 5.74) is 0. The Kier molecular flexibility index (Phi) is 1.52. The zero-order chi connectivity index (χ0) is 8.13. The van der Waals surface area contributed by atoms with Crippen molar-refractivity contribution in [1.82, 2.24) is 4.90 Å². The van der Waals surface area contributed by atoms with Gasteiger partial charge in [-0.25, -0.2) is 0 Å². The molecule has 0 spiro atoms. The molecule has 1 saturated heterocycles. The Balaban J connectivity index is 1.74. The van der Waals surface area contributed by atoms with E-state index in [0.29, 0.717) is 0 Å². The van der Waals surface area contributed by atoms with Crippen molar-refractivity contribution >= 4 is 0 Å². The van der Waals surface area contributed by atoms with Crippen molar-refractivity contribution in [3.8, 4) is 0 Å². The van der Waals surface area contributed by atoms with E-state index in [-0.39, 0.29) is 0 Å². The van der Waals surface area contributed by atoms with Crippen molar-refractivity contribution in [2.45, 2.75) is 26.2 Å². The molecular formula is C11H19N. The van der Waals surface area contributed by atoms with Crippen LogP contribution < -0.4 is 0 Å². The highest BCUT2D eigenvalue weighted by atomic mass is 15.2. The van der Waals surface area contributed by atoms with Gasteiger partial charge in [0.05, 0.1) is 0 Å². The van der Waals surface area contributed by atoms with Crippen LogP contribution in [0.1, 0.15) is 26.2 Å². The molecule has 0 aromatic heterocycles. The molecule has 2 bridgehead atoms. The lowest BCUT2D eigenvalue weighted by Gasteiger charge is -2.48. The largest absolute Gasteiger partial charge is 0.303 e. The number of rotatable bonds is 1. The average Bonchev–Trinajstić information content (AvgIpc) is 2.43. The second-order valence-electron chi connectivity index (χ2n) is 5.11. The van der Waals surface area contributed by atoms with E-state index >= 15 is 0 Å². The Hall–Kier alpha value is -0.0400. The predicted octanol–water partition coefficient (Wildman–Crippen LogP) is 1.98. The molecule has 0 aromatic rings. The molecule has 12 heavy (non-hydrogen) atoms. The van der Waals surface area contributed by atoms with Gasteiger partial charge in [0.25, 0.3) is 0 Å². The van der Waals surface area contributed by atoms with Crippen molar-refractivity contribution in [3.63, 3.8) is 0 Å². The lowest BCUT2D eigenvalue weighted by molar-refractivity contribution is 0.0246. The Bertz CT molecular complexity index is 183. The standard InChI is InChI=1S/C11H19N/c1-2-12-6-10-5-8-3-9(4-8)11(10)7-12/h8-11H,2-7H2,1H3. The van der Waals surface area contributed by atoms with Gasteiger partial charge in [-0.15, -0.1) is 0 Å². The Labute approximate surface area is 75.1 Å². The van der Waals surface area contributed by atoms with Crippen molar-refractivity contribution in [2.75, 3.05) is 19.6 Å². The van der Waals surface area contributed by atoms with E-state index in [1.54, 1.807) is 19.3 Å². The Morgan fingerprint density at radius 3 is 2.50 bits per heavy atom. The SMILES string of the molecule is CCN1CC2CC3CC(C3)C2C1. The van der Waals surface area contributed by atoms with E-state index in [1.807, 2.05) is 0 Å². The maximum Gasteiger partial charge on any atom is 0.00154 e. The second kappa shape index (κ2) is 2.47. The van der Waals surface area contributed by atoms with Gasteiger partial charge < -0.3 is 4.90 Å². The highest BCUT2D eigenvalue weighted by molar-refractivity contribution is 4.99. The highest BCUT2D eigenvalue weighted by Crippen LogP contribution is 2.53. The molecule has 0 amide bonds. The van der Waals surface area contributed by atoms with E-state index in [9.17, 15) is 0 Å². The molecule has 1 heterocycles. The van der Waals surface area contributed by atoms with Crippen LogP contribution in [0.4, 0.5) is 0 Å². The van der Waals surface area contributed by atoms with E-state index in [0.717, 1.165) is 23.7 Å². The van der Waals surface area contributed by atoms with Gasteiger partial charge in [0.1, 0.15) is 0 Å². The molecule has 4 fully saturated rings. The van der Waals surface area contributed by atoms with Gasteiger partial charge in [0.15, 0.2) is 0 Å². The first-order valence-electron chi connectivity index (χ1n) is 5.59. The monoisotopic (exact) mass is 165 g/mol. The first-order valence-corrected chi connectivity index (χ1v) is 5.59. The van der Waals surface area contributed by atoms with Gasteiger partial charge >= 0.3 is 0 Å².